The molecule has 1 heterocycles. The number of nitrogens with one attached hydrogen (secondary N) is 1. The molecule has 1 atom stereocenters. The predicted octanol–water partition coefficient (Wildman–Crippen LogP) is 1.51. The van der Waals surface area contributed by atoms with Crippen molar-refractivity contribution in [1.29, 1.82) is 0 Å². The molecule has 1 aromatic rings. The molecular formula is C17H24N2O2. The van der Waals surface area contributed by atoms with Crippen molar-refractivity contribution >= 4 is 0 Å². The van der Waals surface area contributed by atoms with Crippen LogP contribution in [0.25, 0.3) is 0 Å². The van der Waals surface area contributed by atoms with E-state index in [0.717, 1.165) is 50.7 Å². The van der Waals surface area contributed by atoms with Crippen LogP contribution in [0.15, 0.2) is 24.3 Å². The molecule has 1 aromatic carbocycles. The molecule has 1 aliphatic rings. The molecule has 4 nitrogen and oxygen atoms in total. The van der Waals surface area contributed by atoms with Crippen LogP contribution in [0, 0.1) is 12.3 Å². The summed E-state index contributed by atoms with van der Waals surface area (Å²) in [5, 5.41) is 3.50. The Morgan fingerprint density at radius 2 is 2.14 bits per heavy atom. The molecular weight excluding hydrogens is 264 g/mol. The van der Waals surface area contributed by atoms with Crippen LogP contribution in [-0.2, 0) is 11.3 Å². The molecule has 1 fully saturated rings. The van der Waals surface area contributed by atoms with Crippen LogP contribution >= 0.6 is 0 Å². The largest absolute Gasteiger partial charge is 0.481 e. The van der Waals surface area contributed by atoms with Crippen LogP contribution in [0.3, 0.4) is 0 Å². The van der Waals surface area contributed by atoms with Crippen LogP contribution in [0.4, 0.5) is 0 Å². The molecule has 0 aliphatic carbocycles. The van der Waals surface area contributed by atoms with E-state index in [1.54, 1.807) is 0 Å². The second-order valence-corrected chi connectivity index (χ2v) is 5.23. The fourth-order valence-corrected chi connectivity index (χ4v) is 2.47. The molecule has 0 spiro atoms. The average molecular weight is 288 g/mol. The molecule has 0 aromatic heterocycles. The van der Waals surface area contributed by atoms with E-state index in [2.05, 4.69) is 29.1 Å². The first-order valence-electron chi connectivity index (χ1n) is 7.48. The SMILES string of the molecule is C#CCOc1ccccc1CNCC(C)N1CCOCC1. The summed E-state index contributed by atoms with van der Waals surface area (Å²) in [5.74, 6) is 3.36. The van der Waals surface area contributed by atoms with Crippen molar-refractivity contribution in [2.75, 3.05) is 39.5 Å². The number of morpholine rings is 1. The summed E-state index contributed by atoms with van der Waals surface area (Å²) < 4.78 is 10.9. The van der Waals surface area contributed by atoms with E-state index in [1.165, 1.54) is 0 Å². The molecule has 0 radical (unpaired) electrons. The number of nitrogens with zero attached hydrogens (tertiary/aromatic N) is 1. The van der Waals surface area contributed by atoms with Gasteiger partial charge in [-0.15, -0.1) is 6.42 Å². The second-order valence-electron chi connectivity index (χ2n) is 5.23. The molecule has 1 saturated heterocycles. The van der Waals surface area contributed by atoms with Gasteiger partial charge in [-0.05, 0) is 13.0 Å². The summed E-state index contributed by atoms with van der Waals surface area (Å²) in [5.41, 5.74) is 1.14. The van der Waals surface area contributed by atoms with Crippen molar-refractivity contribution in [3.63, 3.8) is 0 Å². The van der Waals surface area contributed by atoms with Gasteiger partial charge in [0.25, 0.3) is 0 Å². The lowest BCUT2D eigenvalue weighted by Gasteiger charge is -2.32. The first-order valence-corrected chi connectivity index (χ1v) is 7.48. The Morgan fingerprint density at radius 1 is 1.38 bits per heavy atom. The van der Waals surface area contributed by atoms with Crippen molar-refractivity contribution in [1.82, 2.24) is 10.2 Å². The number of benzene rings is 1. The maximum absolute atomic E-state index is 5.56. The van der Waals surface area contributed by atoms with E-state index < -0.39 is 0 Å². The second kappa shape index (κ2) is 8.68. The summed E-state index contributed by atoms with van der Waals surface area (Å²) >= 11 is 0. The summed E-state index contributed by atoms with van der Waals surface area (Å²) in [6.45, 7) is 8.01. The van der Waals surface area contributed by atoms with Gasteiger partial charge in [0.15, 0.2) is 0 Å². The van der Waals surface area contributed by atoms with Crippen molar-refractivity contribution in [3.8, 4) is 18.1 Å². The molecule has 1 unspecified atom stereocenters. The summed E-state index contributed by atoms with van der Waals surface area (Å²) in [7, 11) is 0. The van der Waals surface area contributed by atoms with Crippen molar-refractivity contribution in [2.24, 2.45) is 0 Å². The molecule has 0 saturated carbocycles. The Kier molecular flexibility index (Phi) is 6.55. The third-order valence-electron chi connectivity index (χ3n) is 3.71. The molecule has 0 amide bonds. The van der Waals surface area contributed by atoms with Gasteiger partial charge in [0.1, 0.15) is 12.4 Å². The monoisotopic (exact) mass is 288 g/mol. The third kappa shape index (κ3) is 5.05. The maximum atomic E-state index is 5.56. The molecule has 114 valence electrons. The Morgan fingerprint density at radius 3 is 2.90 bits per heavy atom. The highest BCUT2D eigenvalue weighted by Gasteiger charge is 2.16. The lowest BCUT2D eigenvalue weighted by atomic mass is 10.2. The van der Waals surface area contributed by atoms with Crippen molar-refractivity contribution in [3.05, 3.63) is 29.8 Å². The predicted molar refractivity (Wildman–Crippen MR) is 84.3 cm³/mol. The van der Waals surface area contributed by atoms with Gasteiger partial charge in [0, 0.05) is 37.8 Å². The molecule has 1 aliphatic heterocycles. The summed E-state index contributed by atoms with van der Waals surface area (Å²) in [4.78, 5) is 2.46. The molecule has 1 N–H and O–H groups in total. The third-order valence-corrected chi connectivity index (χ3v) is 3.71. The van der Waals surface area contributed by atoms with Crippen LogP contribution in [0.1, 0.15) is 12.5 Å². The zero-order valence-electron chi connectivity index (χ0n) is 12.7. The molecule has 21 heavy (non-hydrogen) atoms. The fraction of sp³-hybridized carbons (Fsp3) is 0.529. The van der Waals surface area contributed by atoms with Crippen LogP contribution in [0.2, 0.25) is 0 Å². The number of ether oxygens (including phenoxy) is 2. The van der Waals surface area contributed by atoms with Crippen molar-refractivity contribution in [2.45, 2.75) is 19.5 Å². The number of hydrogen-bond donors (Lipinski definition) is 1. The van der Waals surface area contributed by atoms with Gasteiger partial charge in [-0.25, -0.2) is 0 Å². The zero-order chi connectivity index (χ0) is 14.9. The van der Waals surface area contributed by atoms with E-state index in [0.29, 0.717) is 12.6 Å². The normalized spacial score (nSPS) is 17.1. The van der Waals surface area contributed by atoms with E-state index in [4.69, 9.17) is 15.9 Å². The maximum Gasteiger partial charge on any atom is 0.148 e. The van der Waals surface area contributed by atoms with E-state index in [-0.39, 0.29) is 0 Å². The van der Waals surface area contributed by atoms with E-state index in [1.807, 2.05) is 18.2 Å². The van der Waals surface area contributed by atoms with Gasteiger partial charge in [-0.2, -0.15) is 0 Å². The first-order chi connectivity index (χ1) is 10.3. The van der Waals surface area contributed by atoms with Crippen LogP contribution < -0.4 is 10.1 Å². The highest BCUT2D eigenvalue weighted by molar-refractivity contribution is 5.33. The standard InChI is InChI=1S/C17H24N2O2/c1-3-10-21-17-7-5-4-6-16(17)14-18-13-15(2)19-8-11-20-12-9-19/h1,4-7,15,18H,8-14H2,2H3. The number of para-hydroxylation sites is 1. The fourth-order valence-electron chi connectivity index (χ4n) is 2.47. The number of terminal acetylenes is 1. The van der Waals surface area contributed by atoms with Crippen LogP contribution in [0.5, 0.6) is 5.75 Å². The van der Waals surface area contributed by atoms with Crippen LogP contribution in [-0.4, -0.2) is 50.4 Å². The Balaban J connectivity index is 1.78. The Bertz CT molecular complexity index is 464. The smallest absolute Gasteiger partial charge is 0.148 e. The Hall–Kier alpha value is -1.54. The number of hydrogen-bond acceptors (Lipinski definition) is 4. The molecule has 2 rings (SSSR count). The lowest BCUT2D eigenvalue weighted by molar-refractivity contribution is 0.0203. The van der Waals surface area contributed by atoms with E-state index >= 15 is 0 Å². The average Bonchev–Trinajstić information content (AvgIpc) is 2.54. The minimum atomic E-state index is 0.307. The van der Waals surface area contributed by atoms with Gasteiger partial charge < -0.3 is 14.8 Å². The molecule has 4 heteroatoms. The zero-order valence-corrected chi connectivity index (χ0v) is 12.7. The highest BCUT2D eigenvalue weighted by atomic mass is 16.5. The van der Waals surface area contributed by atoms with Gasteiger partial charge in [0.05, 0.1) is 13.2 Å². The lowest BCUT2D eigenvalue weighted by Crippen LogP contribution is -2.46. The van der Waals surface area contributed by atoms with E-state index in [9.17, 15) is 0 Å². The van der Waals surface area contributed by atoms with Gasteiger partial charge in [0.2, 0.25) is 0 Å². The van der Waals surface area contributed by atoms with Gasteiger partial charge in [-0.1, -0.05) is 24.1 Å². The molecule has 0 bridgehead atoms. The highest BCUT2D eigenvalue weighted by Crippen LogP contribution is 2.17. The minimum Gasteiger partial charge on any atom is -0.481 e. The number of rotatable bonds is 7. The summed E-state index contributed by atoms with van der Waals surface area (Å²) in [6, 6.07) is 8.52. The minimum absolute atomic E-state index is 0.307. The Labute approximate surface area is 127 Å². The van der Waals surface area contributed by atoms with Crippen molar-refractivity contribution < 1.29 is 9.47 Å². The van der Waals surface area contributed by atoms with Gasteiger partial charge >= 0.3 is 0 Å². The summed E-state index contributed by atoms with van der Waals surface area (Å²) in [6.07, 6.45) is 5.24. The topological polar surface area (TPSA) is 33.7 Å². The van der Waals surface area contributed by atoms with Gasteiger partial charge in [-0.3, -0.25) is 4.90 Å². The first kappa shape index (κ1) is 15.8. The quantitative estimate of drug-likeness (QED) is 0.771.